The van der Waals surface area contributed by atoms with E-state index in [-0.39, 0.29) is 12.3 Å². The molecular formula is C15H16N2O3S. The molecule has 2 aromatic rings. The van der Waals surface area contributed by atoms with Gasteiger partial charge in [-0.15, -0.1) is 11.3 Å². The molecule has 1 aromatic heterocycles. The molecule has 0 saturated heterocycles. The Hall–Kier alpha value is -2.21. The van der Waals surface area contributed by atoms with Gasteiger partial charge in [0.25, 0.3) is 0 Å². The zero-order valence-electron chi connectivity index (χ0n) is 11.6. The summed E-state index contributed by atoms with van der Waals surface area (Å²) in [6.45, 7) is 1.96. The minimum absolute atomic E-state index is 0.00300. The summed E-state index contributed by atoms with van der Waals surface area (Å²) >= 11 is 1.41. The monoisotopic (exact) mass is 304 g/mol. The number of nitrogens with zero attached hydrogens (tertiary/aromatic N) is 1. The summed E-state index contributed by atoms with van der Waals surface area (Å²) in [4.78, 5) is 26.4. The molecule has 2 rings (SSSR count). The molecule has 0 bridgehead atoms. The lowest BCUT2D eigenvalue weighted by molar-refractivity contribution is -0.136. The maximum absolute atomic E-state index is 11.5. The van der Waals surface area contributed by atoms with Gasteiger partial charge in [-0.2, -0.15) is 0 Å². The van der Waals surface area contributed by atoms with Gasteiger partial charge in [0, 0.05) is 23.1 Å². The van der Waals surface area contributed by atoms with Crippen molar-refractivity contribution in [3.05, 3.63) is 35.3 Å². The summed E-state index contributed by atoms with van der Waals surface area (Å²) in [5.74, 6) is -0.885. The maximum Gasteiger partial charge on any atom is 0.309 e. The molecule has 0 aliphatic rings. The average Bonchev–Trinajstić information content (AvgIpc) is 2.87. The van der Waals surface area contributed by atoms with Gasteiger partial charge in [-0.25, -0.2) is 4.98 Å². The lowest BCUT2D eigenvalue weighted by atomic mass is 10.2. The van der Waals surface area contributed by atoms with E-state index >= 15 is 0 Å². The predicted octanol–water partition coefficient (Wildman–Crippen LogP) is 3.18. The zero-order valence-corrected chi connectivity index (χ0v) is 12.4. The van der Waals surface area contributed by atoms with Crippen molar-refractivity contribution in [3.8, 4) is 10.6 Å². The second kappa shape index (κ2) is 6.99. The molecule has 1 amide bonds. The van der Waals surface area contributed by atoms with Crippen molar-refractivity contribution < 1.29 is 14.7 Å². The summed E-state index contributed by atoms with van der Waals surface area (Å²) < 4.78 is 0. The van der Waals surface area contributed by atoms with Crippen LogP contribution in [0.5, 0.6) is 0 Å². The number of hydrogen-bond acceptors (Lipinski definition) is 4. The highest BCUT2D eigenvalue weighted by Gasteiger charge is 2.08. The summed E-state index contributed by atoms with van der Waals surface area (Å²) in [6, 6.07) is 7.37. The number of aliphatic carboxylic acids is 1. The molecule has 0 spiro atoms. The number of carboxylic acid groups (broad SMARTS) is 1. The molecule has 6 heteroatoms. The van der Waals surface area contributed by atoms with Gasteiger partial charge in [0.1, 0.15) is 5.01 Å². The Morgan fingerprint density at radius 3 is 2.62 bits per heavy atom. The molecular weight excluding hydrogens is 288 g/mol. The van der Waals surface area contributed by atoms with E-state index < -0.39 is 5.97 Å². The number of nitrogens with one attached hydrogen (secondary N) is 1. The van der Waals surface area contributed by atoms with Gasteiger partial charge in [0.15, 0.2) is 0 Å². The molecule has 1 aromatic carbocycles. The maximum atomic E-state index is 11.5. The molecule has 0 radical (unpaired) electrons. The Kier molecular flexibility index (Phi) is 5.05. The van der Waals surface area contributed by atoms with Crippen molar-refractivity contribution in [2.24, 2.45) is 0 Å². The van der Waals surface area contributed by atoms with Crippen molar-refractivity contribution in [3.63, 3.8) is 0 Å². The van der Waals surface area contributed by atoms with Crippen LogP contribution < -0.4 is 5.32 Å². The summed E-state index contributed by atoms with van der Waals surface area (Å²) in [5.41, 5.74) is 2.22. The van der Waals surface area contributed by atoms with Crippen molar-refractivity contribution in [1.29, 1.82) is 0 Å². The molecule has 0 saturated carbocycles. The normalized spacial score (nSPS) is 10.3. The third-order valence-corrected chi connectivity index (χ3v) is 3.72. The van der Waals surface area contributed by atoms with Crippen LogP contribution in [0.2, 0.25) is 0 Å². The number of amides is 1. The van der Waals surface area contributed by atoms with Crippen molar-refractivity contribution in [1.82, 2.24) is 4.98 Å². The van der Waals surface area contributed by atoms with E-state index in [1.807, 2.05) is 31.2 Å². The van der Waals surface area contributed by atoms with E-state index in [9.17, 15) is 9.59 Å². The topological polar surface area (TPSA) is 79.3 Å². The highest BCUT2D eigenvalue weighted by atomic mass is 32.1. The van der Waals surface area contributed by atoms with Gasteiger partial charge >= 0.3 is 5.97 Å². The van der Waals surface area contributed by atoms with Gasteiger partial charge in [-0.3, -0.25) is 9.59 Å². The average molecular weight is 304 g/mol. The summed E-state index contributed by atoms with van der Waals surface area (Å²) in [7, 11) is 0. The van der Waals surface area contributed by atoms with Crippen LogP contribution in [0.25, 0.3) is 10.6 Å². The Morgan fingerprint density at radius 2 is 2.00 bits per heavy atom. The second-order valence-electron chi connectivity index (χ2n) is 4.59. The molecule has 0 fully saturated rings. The number of carboxylic acids is 1. The lowest BCUT2D eigenvalue weighted by Gasteiger charge is -2.04. The minimum Gasteiger partial charge on any atom is -0.481 e. The molecule has 5 nitrogen and oxygen atoms in total. The van der Waals surface area contributed by atoms with Crippen molar-refractivity contribution >= 4 is 28.9 Å². The van der Waals surface area contributed by atoms with Crippen LogP contribution >= 0.6 is 11.3 Å². The van der Waals surface area contributed by atoms with Crippen LogP contribution in [0, 0.1) is 0 Å². The number of rotatable bonds is 6. The Labute approximate surface area is 126 Å². The second-order valence-corrected chi connectivity index (χ2v) is 5.45. The quantitative estimate of drug-likeness (QED) is 0.859. The lowest BCUT2D eigenvalue weighted by Crippen LogP contribution is -2.10. The molecule has 0 atom stereocenters. The molecule has 0 aliphatic carbocycles. The SMILES string of the molecule is CCCC(=O)Nc1ccc(-c2nc(CC(=O)O)cs2)cc1. The fourth-order valence-corrected chi connectivity index (χ4v) is 2.65. The number of carbonyl (C=O) groups is 2. The van der Waals surface area contributed by atoms with Crippen LogP contribution in [0.4, 0.5) is 5.69 Å². The Morgan fingerprint density at radius 1 is 1.29 bits per heavy atom. The third kappa shape index (κ3) is 4.39. The number of anilines is 1. The zero-order chi connectivity index (χ0) is 15.2. The van der Waals surface area contributed by atoms with Gasteiger partial charge < -0.3 is 10.4 Å². The first-order valence-electron chi connectivity index (χ1n) is 6.65. The largest absolute Gasteiger partial charge is 0.481 e. The molecule has 21 heavy (non-hydrogen) atoms. The van der Waals surface area contributed by atoms with Crippen LogP contribution in [0.3, 0.4) is 0 Å². The highest BCUT2D eigenvalue weighted by molar-refractivity contribution is 7.13. The van der Waals surface area contributed by atoms with E-state index in [2.05, 4.69) is 10.3 Å². The van der Waals surface area contributed by atoms with E-state index in [1.54, 1.807) is 5.38 Å². The van der Waals surface area contributed by atoms with Crippen LogP contribution in [0.1, 0.15) is 25.5 Å². The smallest absolute Gasteiger partial charge is 0.309 e. The van der Waals surface area contributed by atoms with Crippen LogP contribution in [-0.2, 0) is 16.0 Å². The molecule has 1 heterocycles. The highest BCUT2D eigenvalue weighted by Crippen LogP contribution is 2.25. The van der Waals surface area contributed by atoms with Crippen molar-refractivity contribution in [2.45, 2.75) is 26.2 Å². The first kappa shape index (κ1) is 15.2. The number of carbonyl (C=O) groups excluding carboxylic acids is 1. The number of benzene rings is 1. The van der Waals surface area contributed by atoms with E-state index in [1.165, 1.54) is 11.3 Å². The minimum atomic E-state index is -0.888. The molecule has 0 unspecified atom stereocenters. The standard InChI is InChI=1S/C15H16N2O3S/c1-2-3-13(18)16-11-6-4-10(5-7-11)15-17-12(9-21-15)8-14(19)20/h4-7,9H,2-3,8H2,1H3,(H,16,18)(H,19,20). The summed E-state index contributed by atoms with van der Waals surface area (Å²) in [5, 5.41) is 14.1. The number of thiazole rings is 1. The van der Waals surface area contributed by atoms with Crippen molar-refractivity contribution in [2.75, 3.05) is 5.32 Å². The third-order valence-electron chi connectivity index (χ3n) is 2.78. The number of hydrogen-bond donors (Lipinski definition) is 2. The van der Waals surface area contributed by atoms with Gasteiger partial charge in [0.05, 0.1) is 12.1 Å². The van der Waals surface area contributed by atoms with E-state index in [0.717, 1.165) is 22.7 Å². The fourth-order valence-electron chi connectivity index (χ4n) is 1.82. The van der Waals surface area contributed by atoms with Gasteiger partial charge in [0.2, 0.25) is 5.91 Å². The first-order valence-corrected chi connectivity index (χ1v) is 7.53. The Bertz CT molecular complexity index is 635. The molecule has 0 aliphatic heterocycles. The van der Waals surface area contributed by atoms with Gasteiger partial charge in [-0.1, -0.05) is 6.92 Å². The van der Waals surface area contributed by atoms with E-state index in [0.29, 0.717) is 12.1 Å². The van der Waals surface area contributed by atoms with Crippen LogP contribution in [0.15, 0.2) is 29.6 Å². The fraction of sp³-hybridized carbons (Fsp3) is 0.267. The molecule has 110 valence electrons. The van der Waals surface area contributed by atoms with Crippen LogP contribution in [-0.4, -0.2) is 22.0 Å². The Balaban J connectivity index is 2.06. The number of aromatic nitrogens is 1. The summed E-state index contributed by atoms with van der Waals surface area (Å²) in [6.07, 6.45) is 1.25. The molecule has 2 N–H and O–H groups in total. The van der Waals surface area contributed by atoms with E-state index in [4.69, 9.17) is 5.11 Å². The van der Waals surface area contributed by atoms with Gasteiger partial charge in [-0.05, 0) is 30.7 Å². The predicted molar refractivity (Wildman–Crippen MR) is 82.4 cm³/mol. The first-order chi connectivity index (χ1) is 10.1.